The standard InChI is InChI=1S/C20H19F3N4O/c1-19(2-3-19)28-16-7-13-12(6-14(16)21)9-24-18(13)15-8-17(26-11-25-15)27-5-4-20(22,23)10-27/h6-8,11H,2-5,9-10H2,1H3. The lowest BCUT2D eigenvalue weighted by Crippen LogP contribution is -2.26. The molecular weight excluding hydrogens is 369 g/mol. The molecule has 1 aromatic heterocycles. The van der Waals surface area contributed by atoms with E-state index in [-0.39, 0.29) is 30.9 Å². The van der Waals surface area contributed by atoms with E-state index in [9.17, 15) is 13.2 Å². The molecule has 0 atom stereocenters. The molecule has 1 aliphatic carbocycles. The first-order valence-corrected chi connectivity index (χ1v) is 9.33. The number of benzene rings is 1. The molecular formula is C20H19F3N4O. The first-order chi connectivity index (χ1) is 13.3. The molecule has 1 aromatic carbocycles. The highest BCUT2D eigenvalue weighted by Crippen LogP contribution is 2.41. The summed E-state index contributed by atoms with van der Waals surface area (Å²) in [6.07, 6.45) is 2.98. The molecule has 3 heterocycles. The maximum absolute atomic E-state index is 14.4. The van der Waals surface area contributed by atoms with Gasteiger partial charge in [-0.1, -0.05) is 0 Å². The Labute approximate surface area is 160 Å². The number of anilines is 1. The van der Waals surface area contributed by atoms with E-state index in [1.54, 1.807) is 17.0 Å². The molecule has 146 valence electrons. The maximum Gasteiger partial charge on any atom is 0.266 e. The minimum atomic E-state index is -2.70. The zero-order valence-electron chi connectivity index (χ0n) is 15.4. The smallest absolute Gasteiger partial charge is 0.266 e. The second-order valence-corrected chi connectivity index (χ2v) is 7.95. The second kappa shape index (κ2) is 5.93. The van der Waals surface area contributed by atoms with Gasteiger partial charge in [-0.25, -0.2) is 23.1 Å². The number of alkyl halides is 2. The van der Waals surface area contributed by atoms with E-state index in [0.717, 1.165) is 24.0 Å². The van der Waals surface area contributed by atoms with E-state index in [1.165, 1.54) is 12.4 Å². The number of ether oxygens (including phenoxy) is 1. The molecule has 8 heteroatoms. The Bertz CT molecular complexity index is 987. The van der Waals surface area contributed by atoms with Gasteiger partial charge in [0.2, 0.25) is 0 Å². The summed E-state index contributed by atoms with van der Waals surface area (Å²) >= 11 is 0. The molecule has 0 unspecified atom stereocenters. The van der Waals surface area contributed by atoms with Crippen molar-refractivity contribution in [3.8, 4) is 5.75 Å². The van der Waals surface area contributed by atoms with Gasteiger partial charge in [0.05, 0.1) is 24.5 Å². The lowest BCUT2D eigenvalue weighted by molar-refractivity contribution is 0.0256. The number of nitrogens with zero attached hydrogens (tertiary/aromatic N) is 4. The molecule has 28 heavy (non-hydrogen) atoms. The summed E-state index contributed by atoms with van der Waals surface area (Å²) in [6, 6.07) is 4.79. The molecule has 2 fully saturated rings. The van der Waals surface area contributed by atoms with Crippen LogP contribution in [0.3, 0.4) is 0 Å². The second-order valence-electron chi connectivity index (χ2n) is 7.95. The van der Waals surface area contributed by atoms with Crippen molar-refractivity contribution in [1.29, 1.82) is 0 Å². The van der Waals surface area contributed by atoms with Crippen molar-refractivity contribution in [2.75, 3.05) is 18.0 Å². The normalized spacial score (nSPS) is 21.4. The van der Waals surface area contributed by atoms with E-state index in [0.29, 0.717) is 23.8 Å². The SMILES string of the molecule is CC1(Oc2cc3c(cc2F)CN=C3c2cc(N3CCC(F)(F)C3)ncn2)CC1. The number of rotatable bonds is 4. The summed E-state index contributed by atoms with van der Waals surface area (Å²) in [5.74, 6) is -2.44. The minimum Gasteiger partial charge on any atom is -0.484 e. The molecule has 0 radical (unpaired) electrons. The van der Waals surface area contributed by atoms with Crippen molar-refractivity contribution in [1.82, 2.24) is 9.97 Å². The Balaban J connectivity index is 1.46. The summed E-state index contributed by atoms with van der Waals surface area (Å²) in [6.45, 7) is 2.19. The zero-order valence-corrected chi connectivity index (χ0v) is 15.4. The van der Waals surface area contributed by atoms with Crippen LogP contribution >= 0.6 is 0 Å². The summed E-state index contributed by atoms with van der Waals surface area (Å²) in [5.41, 5.74) is 2.36. The maximum atomic E-state index is 14.4. The molecule has 2 aliphatic heterocycles. The average molecular weight is 388 g/mol. The van der Waals surface area contributed by atoms with Crippen LogP contribution in [-0.4, -0.2) is 40.3 Å². The van der Waals surface area contributed by atoms with Gasteiger partial charge in [0.25, 0.3) is 5.92 Å². The third-order valence-electron chi connectivity index (χ3n) is 5.52. The third-order valence-corrected chi connectivity index (χ3v) is 5.52. The van der Waals surface area contributed by atoms with Gasteiger partial charge in [-0.3, -0.25) is 4.99 Å². The van der Waals surface area contributed by atoms with Gasteiger partial charge in [0.1, 0.15) is 17.7 Å². The third kappa shape index (κ3) is 3.10. The Hall–Kier alpha value is -2.64. The minimum absolute atomic E-state index is 0.186. The van der Waals surface area contributed by atoms with Crippen LogP contribution in [0.5, 0.6) is 5.75 Å². The van der Waals surface area contributed by atoms with Gasteiger partial charge >= 0.3 is 0 Å². The molecule has 1 saturated heterocycles. The first-order valence-electron chi connectivity index (χ1n) is 9.33. The van der Waals surface area contributed by atoms with Crippen molar-refractivity contribution in [2.45, 2.75) is 44.3 Å². The van der Waals surface area contributed by atoms with Gasteiger partial charge in [0, 0.05) is 24.6 Å². The van der Waals surface area contributed by atoms with Gasteiger partial charge in [-0.15, -0.1) is 0 Å². The molecule has 1 saturated carbocycles. The molecule has 0 amide bonds. The van der Waals surface area contributed by atoms with Crippen LogP contribution in [0.15, 0.2) is 29.5 Å². The molecule has 0 N–H and O–H groups in total. The number of aliphatic imine (C=N–C) groups is 1. The Morgan fingerprint density at radius 2 is 1.93 bits per heavy atom. The van der Waals surface area contributed by atoms with Crippen LogP contribution in [0.4, 0.5) is 19.0 Å². The summed E-state index contributed by atoms with van der Waals surface area (Å²) < 4.78 is 47.3. The molecule has 0 bridgehead atoms. The van der Waals surface area contributed by atoms with Gasteiger partial charge in [-0.05, 0) is 37.5 Å². The Morgan fingerprint density at radius 3 is 2.64 bits per heavy atom. The van der Waals surface area contributed by atoms with Gasteiger partial charge in [-0.2, -0.15) is 0 Å². The summed E-state index contributed by atoms with van der Waals surface area (Å²) in [4.78, 5) is 14.5. The predicted octanol–water partition coefficient (Wildman–Crippen LogP) is 3.74. The average Bonchev–Trinajstić information content (AvgIpc) is 3.07. The molecule has 5 nitrogen and oxygen atoms in total. The largest absolute Gasteiger partial charge is 0.484 e. The topological polar surface area (TPSA) is 50.6 Å². The van der Waals surface area contributed by atoms with E-state index in [4.69, 9.17) is 4.74 Å². The highest BCUT2D eigenvalue weighted by Gasteiger charge is 2.41. The highest BCUT2D eigenvalue weighted by molar-refractivity contribution is 6.14. The van der Waals surface area contributed by atoms with Crippen molar-refractivity contribution in [3.63, 3.8) is 0 Å². The van der Waals surface area contributed by atoms with Crippen LogP contribution < -0.4 is 9.64 Å². The lowest BCUT2D eigenvalue weighted by atomic mass is 10.0. The fraction of sp³-hybridized carbons (Fsp3) is 0.450. The highest BCUT2D eigenvalue weighted by atomic mass is 19.3. The van der Waals surface area contributed by atoms with Gasteiger partial charge < -0.3 is 9.64 Å². The first kappa shape index (κ1) is 17.5. The quantitative estimate of drug-likeness (QED) is 0.801. The molecule has 0 spiro atoms. The Morgan fingerprint density at radius 1 is 1.11 bits per heavy atom. The molecule has 3 aliphatic rings. The number of fused-ring (bicyclic) bond motifs is 1. The number of aromatic nitrogens is 2. The number of hydrogen-bond acceptors (Lipinski definition) is 5. The lowest BCUT2D eigenvalue weighted by Gasteiger charge is -2.17. The van der Waals surface area contributed by atoms with Crippen LogP contribution in [0.25, 0.3) is 0 Å². The van der Waals surface area contributed by atoms with Crippen LogP contribution in [0, 0.1) is 5.82 Å². The van der Waals surface area contributed by atoms with Gasteiger partial charge in [0.15, 0.2) is 11.6 Å². The predicted molar refractivity (Wildman–Crippen MR) is 97.8 cm³/mol. The fourth-order valence-corrected chi connectivity index (χ4v) is 3.62. The van der Waals surface area contributed by atoms with E-state index >= 15 is 0 Å². The monoisotopic (exact) mass is 388 g/mol. The van der Waals surface area contributed by atoms with Crippen molar-refractivity contribution in [2.24, 2.45) is 4.99 Å². The zero-order chi connectivity index (χ0) is 19.5. The van der Waals surface area contributed by atoms with Crippen molar-refractivity contribution in [3.05, 3.63) is 47.2 Å². The van der Waals surface area contributed by atoms with Crippen molar-refractivity contribution < 1.29 is 17.9 Å². The van der Waals surface area contributed by atoms with E-state index in [1.807, 2.05) is 6.92 Å². The number of halogens is 3. The number of hydrogen-bond donors (Lipinski definition) is 0. The van der Waals surface area contributed by atoms with E-state index < -0.39 is 11.7 Å². The molecule has 2 aromatic rings. The summed E-state index contributed by atoms with van der Waals surface area (Å²) in [5, 5.41) is 0. The van der Waals surface area contributed by atoms with Crippen LogP contribution in [0.2, 0.25) is 0 Å². The van der Waals surface area contributed by atoms with E-state index in [2.05, 4.69) is 15.0 Å². The summed E-state index contributed by atoms with van der Waals surface area (Å²) in [7, 11) is 0. The Kier molecular flexibility index (Phi) is 3.70. The van der Waals surface area contributed by atoms with Crippen LogP contribution in [0.1, 0.15) is 43.0 Å². The van der Waals surface area contributed by atoms with Crippen LogP contribution in [-0.2, 0) is 6.54 Å². The fourth-order valence-electron chi connectivity index (χ4n) is 3.62. The van der Waals surface area contributed by atoms with Crippen molar-refractivity contribution >= 4 is 11.5 Å². The molecule has 5 rings (SSSR count).